The molecule has 2 atom stereocenters. The van der Waals surface area contributed by atoms with Crippen LogP contribution < -0.4 is 0 Å². The molecule has 0 saturated carbocycles. The predicted octanol–water partition coefficient (Wildman–Crippen LogP) is 2.19. The molecule has 2 heterocycles. The molecule has 3 rings (SSSR count). The second kappa shape index (κ2) is 6.66. The van der Waals surface area contributed by atoms with E-state index in [1.54, 1.807) is 6.08 Å². The number of fused-ring (bicyclic) bond motifs is 1. The Morgan fingerprint density at radius 3 is 2.86 bits per heavy atom. The van der Waals surface area contributed by atoms with Crippen molar-refractivity contribution in [3.05, 3.63) is 46.8 Å². The Labute approximate surface area is 125 Å². The van der Waals surface area contributed by atoms with Crippen molar-refractivity contribution in [3.8, 4) is 0 Å². The highest BCUT2D eigenvalue weighted by molar-refractivity contribution is 5.89. The lowest BCUT2D eigenvalue weighted by atomic mass is 10.00. The zero-order valence-electron chi connectivity index (χ0n) is 11.4. The maximum Gasteiger partial charge on any atom is 0.420 e. The Hall–Kier alpha value is -2.97. The Balaban J connectivity index is 0.000000172. The summed E-state index contributed by atoms with van der Waals surface area (Å²) in [6, 6.07) is 2.50. The molecule has 0 bridgehead atoms. The van der Waals surface area contributed by atoms with Crippen molar-refractivity contribution in [3.63, 3.8) is 0 Å². The third kappa shape index (κ3) is 3.37. The predicted molar refractivity (Wildman–Crippen MR) is 73.2 cm³/mol. The minimum atomic E-state index is -1.25. The fraction of sp³-hybridized carbons (Fsp3) is 0.308. The molecule has 1 aliphatic heterocycles. The zero-order valence-corrected chi connectivity index (χ0v) is 11.4. The molecule has 1 aromatic heterocycles. The van der Waals surface area contributed by atoms with Gasteiger partial charge in [0.15, 0.2) is 0 Å². The van der Waals surface area contributed by atoms with Crippen molar-refractivity contribution < 1.29 is 24.4 Å². The van der Waals surface area contributed by atoms with E-state index in [2.05, 4.69) is 4.98 Å². The SMILES string of the molecule is O=C(O)N1C(=O)OC2CCC=CC21.O=[N+]([O-])c1cccnc1. The van der Waals surface area contributed by atoms with Crippen LogP contribution in [0.5, 0.6) is 0 Å². The van der Waals surface area contributed by atoms with E-state index in [1.165, 1.54) is 24.5 Å². The Morgan fingerprint density at radius 1 is 1.55 bits per heavy atom. The lowest BCUT2D eigenvalue weighted by Crippen LogP contribution is -2.39. The van der Waals surface area contributed by atoms with Gasteiger partial charge in [-0.1, -0.05) is 12.2 Å². The number of aromatic nitrogens is 1. The number of hydrogen-bond acceptors (Lipinski definition) is 6. The average molecular weight is 307 g/mol. The van der Waals surface area contributed by atoms with Crippen LogP contribution in [-0.2, 0) is 4.74 Å². The molecule has 2 unspecified atom stereocenters. The molecule has 2 aliphatic rings. The van der Waals surface area contributed by atoms with Gasteiger partial charge in [-0.3, -0.25) is 15.1 Å². The summed E-state index contributed by atoms with van der Waals surface area (Å²) in [4.78, 5) is 35.5. The number of pyridine rings is 1. The first-order valence-electron chi connectivity index (χ1n) is 6.44. The molecule has 1 aliphatic carbocycles. The van der Waals surface area contributed by atoms with E-state index in [1.807, 2.05) is 6.08 Å². The van der Waals surface area contributed by atoms with Crippen LogP contribution in [0.15, 0.2) is 36.7 Å². The number of hydrogen-bond donors (Lipinski definition) is 1. The molecule has 22 heavy (non-hydrogen) atoms. The summed E-state index contributed by atoms with van der Waals surface area (Å²) in [6.07, 6.45) is 5.55. The van der Waals surface area contributed by atoms with E-state index < -0.39 is 23.2 Å². The number of nitrogens with zero attached hydrogens (tertiary/aromatic N) is 3. The second-order valence-corrected chi connectivity index (χ2v) is 4.54. The van der Waals surface area contributed by atoms with Crippen LogP contribution in [0.3, 0.4) is 0 Å². The smallest absolute Gasteiger partial charge is 0.420 e. The maximum absolute atomic E-state index is 11.1. The molecule has 1 fully saturated rings. The van der Waals surface area contributed by atoms with E-state index >= 15 is 0 Å². The Bertz CT molecular complexity index is 603. The minimum Gasteiger partial charge on any atom is -0.465 e. The molecule has 0 radical (unpaired) electrons. The van der Waals surface area contributed by atoms with Crippen molar-refractivity contribution in [1.82, 2.24) is 9.88 Å². The van der Waals surface area contributed by atoms with Gasteiger partial charge in [0.1, 0.15) is 18.3 Å². The number of nitro groups is 1. The van der Waals surface area contributed by atoms with Gasteiger partial charge < -0.3 is 9.84 Å². The lowest BCUT2D eigenvalue weighted by Gasteiger charge is -2.20. The Kier molecular flexibility index (Phi) is 4.66. The fourth-order valence-corrected chi connectivity index (χ4v) is 2.15. The maximum atomic E-state index is 11.1. The molecule has 0 spiro atoms. The van der Waals surface area contributed by atoms with Gasteiger partial charge in [-0.2, -0.15) is 0 Å². The van der Waals surface area contributed by atoms with Crippen molar-refractivity contribution in [1.29, 1.82) is 0 Å². The number of ether oxygens (including phenoxy) is 1. The first-order valence-corrected chi connectivity index (χ1v) is 6.44. The lowest BCUT2D eigenvalue weighted by molar-refractivity contribution is -0.385. The summed E-state index contributed by atoms with van der Waals surface area (Å²) in [5, 5.41) is 18.7. The summed E-state index contributed by atoms with van der Waals surface area (Å²) < 4.78 is 4.89. The van der Waals surface area contributed by atoms with Gasteiger partial charge in [-0.25, -0.2) is 14.5 Å². The Morgan fingerprint density at radius 2 is 2.32 bits per heavy atom. The zero-order chi connectivity index (χ0) is 16.1. The van der Waals surface area contributed by atoms with Gasteiger partial charge in [0.25, 0.3) is 5.69 Å². The molecule has 2 amide bonds. The molecule has 116 valence electrons. The first kappa shape index (κ1) is 15.4. The highest BCUT2D eigenvalue weighted by atomic mass is 16.6. The van der Waals surface area contributed by atoms with Crippen LogP contribution in [0, 0.1) is 10.1 Å². The first-order chi connectivity index (χ1) is 10.5. The average Bonchev–Trinajstić information content (AvgIpc) is 2.84. The van der Waals surface area contributed by atoms with Gasteiger partial charge >= 0.3 is 12.2 Å². The van der Waals surface area contributed by atoms with E-state index in [0.717, 1.165) is 11.3 Å². The number of rotatable bonds is 1. The molecule has 1 saturated heterocycles. The third-order valence-electron chi connectivity index (χ3n) is 3.14. The van der Waals surface area contributed by atoms with Crippen molar-refractivity contribution in [2.45, 2.75) is 25.0 Å². The summed E-state index contributed by atoms with van der Waals surface area (Å²) >= 11 is 0. The molecule has 9 heteroatoms. The topological polar surface area (TPSA) is 123 Å². The molecular weight excluding hydrogens is 294 g/mol. The second-order valence-electron chi connectivity index (χ2n) is 4.54. The minimum absolute atomic E-state index is 0.0255. The van der Waals surface area contributed by atoms with Crippen LogP contribution in [-0.4, -0.2) is 44.2 Å². The highest BCUT2D eigenvalue weighted by Gasteiger charge is 2.44. The quantitative estimate of drug-likeness (QED) is 0.479. The van der Waals surface area contributed by atoms with Gasteiger partial charge in [-0.05, 0) is 18.9 Å². The summed E-state index contributed by atoms with van der Waals surface area (Å²) in [6.45, 7) is 0. The largest absolute Gasteiger partial charge is 0.465 e. The molecule has 1 aromatic rings. The van der Waals surface area contributed by atoms with Gasteiger partial charge in [0, 0.05) is 12.3 Å². The van der Waals surface area contributed by atoms with Gasteiger partial charge in [-0.15, -0.1) is 0 Å². The highest BCUT2D eigenvalue weighted by Crippen LogP contribution is 2.27. The fourth-order valence-electron chi connectivity index (χ4n) is 2.15. The van der Waals surface area contributed by atoms with Gasteiger partial charge in [0.05, 0.1) is 4.92 Å². The molecule has 1 N–H and O–H groups in total. The van der Waals surface area contributed by atoms with Crippen molar-refractivity contribution in [2.75, 3.05) is 0 Å². The standard InChI is InChI=1S/C8H9NO4.C5H4N2O2/c10-7(11)9-5-3-1-2-4-6(5)13-8(9)12;8-7(9)5-2-1-3-6-4-5/h1,3,5-6H,2,4H2,(H,10,11);1-4H. The summed E-state index contributed by atoms with van der Waals surface area (Å²) in [7, 11) is 0. The number of imide groups is 1. The van der Waals surface area contributed by atoms with Crippen LogP contribution in [0.1, 0.15) is 12.8 Å². The number of carbonyl (C=O) groups excluding carboxylic acids is 1. The number of carbonyl (C=O) groups is 2. The normalized spacial score (nSPS) is 22.2. The van der Waals surface area contributed by atoms with E-state index in [0.29, 0.717) is 6.42 Å². The molecular formula is C13H13N3O6. The van der Waals surface area contributed by atoms with E-state index in [4.69, 9.17) is 9.84 Å². The van der Waals surface area contributed by atoms with Crippen LogP contribution >= 0.6 is 0 Å². The molecule has 9 nitrogen and oxygen atoms in total. The van der Waals surface area contributed by atoms with Crippen molar-refractivity contribution in [2.24, 2.45) is 0 Å². The third-order valence-corrected chi connectivity index (χ3v) is 3.14. The number of amides is 2. The monoisotopic (exact) mass is 307 g/mol. The van der Waals surface area contributed by atoms with Crippen molar-refractivity contribution >= 4 is 17.9 Å². The van der Waals surface area contributed by atoms with Gasteiger partial charge in [0.2, 0.25) is 0 Å². The van der Waals surface area contributed by atoms with Crippen LogP contribution in [0.4, 0.5) is 15.3 Å². The number of allylic oxidation sites excluding steroid dienone is 1. The van der Waals surface area contributed by atoms with E-state index in [9.17, 15) is 19.7 Å². The van der Waals surface area contributed by atoms with Crippen LogP contribution in [0.2, 0.25) is 0 Å². The summed E-state index contributed by atoms with van der Waals surface area (Å²) in [5.74, 6) is 0. The van der Waals surface area contributed by atoms with Crippen LogP contribution in [0.25, 0.3) is 0 Å². The number of carboxylic acid groups (broad SMARTS) is 1. The summed E-state index contributed by atoms with van der Waals surface area (Å²) in [5.41, 5.74) is 0.0255. The molecule has 0 aromatic carbocycles. The van der Waals surface area contributed by atoms with E-state index in [-0.39, 0.29) is 11.8 Å².